The van der Waals surface area contributed by atoms with E-state index in [4.69, 9.17) is 0 Å². The maximum atomic E-state index is 4.64. The van der Waals surface area contributed by atoms with Gasteiger partial charge in [0.15, 0.2) is 0 Å². The molecular weight excluding hydrogens is 464 g/mol. The molecule has 6 rings (SSSR count). The third-order valence-corrected chi connectivity index (χ3v) is 6.35. The molecule has 38 heavy (non-hydrogen) atoms. The van der Waals surface area contributed by atoms with Crippen molar-refractivity contribution in [3.8, 4) is 11.1 Å². The van der Waals surface area contributed by atoms with Crippen molar-refractivity contribution in [1.82, 2.24) is 9.97 Å². The van der Waals surface area contributed by atoms with Crippen molar-refractivity contribution in [2.75, 3.05) is 9.80 Å². The van der Waals surface area contributed by atoms with Crippen LogP contribution < -0.4 is 9.80 Å². The summed E-state index contributed by atoms with van der Waals surface area (Å²) in [6.45, 7) is 0. The average molecular weight is 491 g/mol. The number of aromatic nitrogens is 2. The van der Waals surface area contributed by atoms with Crippen LogP contribution in [0.3, 0.4) is 0 Å². The highest BCUT2D eigenvalue weighted by molar-refractivity contribution is 5.81. The van der Waals surface area contributed by atoms with E-state index in [2.05, 4.69) is 129 Å². The summed E-state index contributed by atoms with van der Waals surface area (Å²) in [6, 6.07) is 45.8. The molecule has 0 spiro atoms. The zero-order valence-electron chi connectivity index (χ0n) is 20.8. The third-order valence-electron chi connectivity index (χ3n) is 6.35. The number of nitrogens with zero attached hydrogens (tertiary/aromatic N) is 4. The van der Waals surface area contributed by atoms with Crippen LogP contribution in [0.1, 0.15) is 0 Å². The molecule has 0 radical (unpaired) electrons. The summed E-state index contributed by atoms with van der Waals surface area (Å²) in [7, 11) is 0. The van der Waals surface area contributed by atoms with E-state index in [-0.39, 0.29) is 0 Å². The second-order valence-electron chi connectivity index (χ2n) is 8.88. The molecule has 4 heteroatoms. The summed E-state index contributed by atoms with van der Waals surface area (Å²) >= 11 is 0. The molecule has 0 saturated heterocycles. The average Bonchev–Trinajstić information content (AvgIpc) is 3.00. The van der Waals surface area contributed by atoms with Crippen LogP contribution in [0.25, 0.3) is 11.1 Å². The zero-order valence-corrected chi connectivity index (χ0v) is 20.8. The molecule has 0 N–H and O–H groups in total. The van der Waals surface area contributed by atoms with Gasteiger partial charge in [0.25, 0.3) is 0 Å². The number of para-hydroxylation sites is 4. The first-order valence-corrected chi connectivity index (χ1v) is 12.6. The van der Waals surface area contributed by atoms with Crippen molar-refractivity contribution in [2.45, 2.75) is 0 Å². The topological polar surface area (TPSA) is 32.3 Å². The Bertz CT molecular complexity index is 1400. The van der Waals surface area contributed by atoms with Crippen LogP contribution >= 0.6 is 0 Å². The third kappa shape index (κ3) is 4.88. The SMILES string of the molecule is c1ccc(N(c2ccccc2)c2cncc(-c3cncc(N(c4ccccc4)c4ccccc4)c3)c2)cc1. The largest absolute Gasteiger partial charge is 0.309 e. The normalized spacial score (nSPS) is 10.6. The molecule has 0 aliphatic carbocycles. The van der Waals surface area contributed by atoms with Crippen LogP contribution in [0.4, 0.5) is 34.1 Å². The minimum absolute atomic E-state index is 0.980. The van der Waals surface area contributed by atoms with Crippen molar-refractivity contribution in [3.63, 3.8) is 0 Å². The Labute approximate surface area is 223 Å². The number of hydrogen-bond acceptors (Lipinski definition) is 4. The number of pyridine rings is 2. The monoisotopic (exact) mass is 490 g/mol. The van der Waals surface area contributed by atoms with Crippen LogP contribution in [0.2, 0.25) is 0 Å². The van der Waals surface area contributed by atoms with Crippen LogP contribution in [-0.4, -0.2) is 9.97 Å². The van der Waals surface area contributed by atoms with Gasteiger partial charge in [0, 0.05) is 46.3 Å². The summed E-state index contributed by atoms with van der Waals surface area (Å²) in [5.74, 6) is 0. The minimum atomic E-state index is 0.980. The molecule has 4 aromatic carbocycles. The van der Waals surface area contributed by atoms with E-state index in [1.807, 2.05) is 49.1 Å². The van der Waals surface area contributed by atoms with Gasteiger partial charge in [0.05, 0.1) is 23.8 Å². The molecule has 4 nitrogen and oxygen atoms in total. The Morgan fingerprint density at radius 3 is 0.895 bits per heavy atom. The first-order valence-electron chi connectivity index (χ1n) is 12.6. The van der Waals surface area contributed by atoms with E-state index in [9.17, 15) is 0 Å². The van der Waals surface area contributed by atoms with Crippen LogP contribution in [0.5, 0.6) is 0 Å². The van der Waals surface area contributed by atoms with Gasteiger partial charge in [-0.2, -0.15) is 0 Å². The lowest BCUT2D eigenvalue weighted by atomic mass is 10.1. The molecule has 182 valence electrons. The van der Waals surface area contributed by atoms with Gasteiger partial charge in [-0.3, -0.25) is 9.97 Å². The van der Waals surface area contributed by atoms with Crippen LogP contribution in [0, 0.1) is 0 Å². The fourth-order valence-electron chi connectivity index (χ4n) is 4.62. The van der Waals surface area contributed by atoms with E-state index in [0.717, 1.165) is 45.3 Å². The van der Waals surface area contributed by atoms with Gasteiger partial charge in [-0.05, 0) is 60.7 Å². The van der Waals surface area contributed by atoms with Gasteiger partial charge < -0.3 is 9.80 Å². The highest BCUT2D eigenvalue weighted by atomic mass is 15.2. The van der Waals surface area contributed by atoms with Gasteiger partial charge in [-0.25, -0.2) is 0 Å². The highest BCUT2D eigenvalue weighted by Crippen LogP contribution is 2.38. The van der Waals surface area contributed by atoms with Crippen molar-refractivity contribution in [2.24, 2.45) is 0 Å². The predicted octanol–water partition coefficient (Wildman–Crippen LogP) is 9.08. The molecule has 0 amide bonds. The Balaban J connectivity index is 1.43. The first-order chi connectivity index (χ1) is 18.9. The summed E-state index contributed by atoms with van der Waals surface area (Å²) < 4.78 is 0. The Kier molecular flexibility index (Phi) is 6.60. The van der Waals surface area contributed by atoms with Crippen molar-refractivity contribution < 1.29 is 0 Å². The Hall–Kier alpha value is -5.22. The molecule has 2 heterocycles. The van der Waals surface area contributed by atoms with Crippen LogP contribution in [0.15, 0.2) is 158 Å². The molecule has 0 aliphatic heterocycles. The molecule has 0 fully saturated rings. The first kappa shape index (κ1) is 23.2. The Morgan fingerprint density at radius 1 is 0.316 bits per heavy atom. The fraction of sp³-hybridized carbons (Fsp3) is 0. The summed E-state index contributed by atoms with van der Waals surface area (Å²) in [6.07, 6.45) is 7.60. The van der Waals surface area contributed by atoms with Crippen molar-refractivity contribution >= 4 is 34.1 Å². The quantitative estimate of drug-likeness (QED) is 0.223. The maximum Gasteiger partial charge on any atom is 0.0651 e. The molecule has 0 bridgehead atoms. The number of anilines is 6. The molecule has 0 saturated carbocycles. The smallest absolute Gasteiger partial charge is 0.0651 e. The maximum absolute atomic E-state index is 4.64. The van der Waals surface area contributed by atoms with Gasteiger partial charge in [0.2, 0.25) is 0 Å². The van der Waals surface area contributed by atoms with Crippen molar-refractivity contribution in [1.29, 1.82) is 0 Å². The minimum Gasteiger partial charge on any atom is -0.309 e. The molecule has 0 atom stereocenters. The Morgan fingerprint density at radius 2 is 0.605 bits per heavy atom. The molecule has 0 unspecified atom stereocenters. The van der Waals surface area contributed by atoms with Crippen LogP contribution in [-0.2, 0) is 0 Å². The lowest BCUT2D eigenvalue weighted by Gasteiger charge is -2.26. The molecule has 6 aromatic rings. The van der Waals surface area contributed by atoms with E-state index < -0.39 is 0 Å². The lowest BCUT2D eigenvalue weighted by molar-refractivity contribution is 1.21. The van der Waals surface area contributed by atoms with E-state index >= 15 is 0 Å². The molecular formula is C34H26N4. The molecule has 0 aliphatic rings. The van der Waals surface area contributed by atoms with E-state index in [1.165, 1.54) is 0 Å². The standard InChI is InChI=1S/C34H26N4/c1-5-13-29(14-6-1)37(30-15-7-2-8-16-30)33-21-27(23-35-25-33)28-22-34(26-36-24-28)38(31-17-9-3-10-18-31)32-19-11-4-12-20-32/h1-26H. The number of benzene rings is 4. The number of hydrogen-bond donors (Lipinski definition) is 0. The predicted molar refractivity (Wildman–Crippen MR) is 157 cm³/mol. The van der Waals surface area contributed by atoms with Crippen molar-refractivity contribution in [3.05, 3.63) is 158 Å². The van der Waals surface area contributed by atoms with Gasteiger partial charge in [0.1, 0.15) is 0 Å². The second-order valence-corrected chi connectivity index (χ2v) is 8.88. The van der Waals surface area contributed by atoms with E-state index in [1.54, 1.807) is 0 Å². The summed E-state index contributed by atoms with van der Waals surface area (Å²) in [5, 5.41) is 0. The molecule has 2 aromatic heterocycles. The highest BCUT2D eigenvalue weighted by Gasteiger charge is 2.16. The van der Waals surface area contributed by atoms with Gasteiger partial charge in [-0.1, -0.05) is 72.8 Å². The summed E-state index contributed by atoms with van der Waals surface area (Å²) in [4.78, 5) is 13.7. The number of rotatable bonds is 7. The summed E-state index contributed by atoms with van der Waals surface area (Å²) in [5.41, 5.74) is 8.24. The van der Waals surface area contributed by atoms with Gasteiger partial charge >= 0.3 is 0 Å². The lowest BCUT2D eigenvalue weighted by Crippen LogP contribution is -2.11. The fourth-order valence-corrected chi connectivity index (χ4v) is 4.62. The van der Waals surface area contributed by atoms with Gasteiger partial charge in [-0.15, -0.1) is 0 Å². The second kappa shape index (κ2) is 10.8. The zero-order chi connectivity index (χ0) is 25.6. The van der Waals surface area contributed by atoms with E-state index in [0.29, 0.717) is 0 Å².